The number of nitrogens with zero attached hydrogens (tertiary/aromatic N) is 2. The van der Waals surface area contributed by atoms with Gasteiger partial charge in [0.2, 0.25) is 5.91 Å². The lowest BCUT2D eigenvalue weighted by molar-refractivity contribution is -0.137. The average molecular weight is 214 g/mol. The third kappa shape index (κ3) is 2.04. The maximum Gasteiger partial charge on any atom is 0.248 e. The zero-order valence-electron chi connectivity index (χ0n) is 9.32. The van der Waals surface area contributed by atoms with Crippen LogP contribution in [0.5, 0.6) is 0 Å². The first-order valence-electron chi connectivity index (χ1n) is 4.89. The number of amidine groups is 1. The van der Waals surface area contributed by atoms with E-state index in [4.69, 9.17) is 10.9 Å². The molecule has 0 spiro atoms. The van der Waals surface area contributed by atoms with E-state index in [1.165, 1.54) is 0 Å². The number of amides is 1. The summed E-state index contributed by atoms with van der Waals surface area (Å²) in [5.41, 5.74) is 7.40. The summed E-state index contributed by atoms with van der Waals surface area (Å²) >= 11 is 0. The summed E-state index contributed by atoms with van der Waals surface area (Å²) in [7, 11) is 3.44. The van der Waals surface area contributed by atoms with Crippen LogP contribution in [-0.4, -0.2) is 36.1 Å². The van der Waals surface area contributed by atoms with Gasteiger partial charge >= 0.3 is 0 Å². The maximum absolute atomic E-state index is 11.9. The number of nitrogens with two attached hydrogens (primary N) is 1. The van der Waals surface area contributed by atoms with E-state index in [9.17, 15) is 4.79 Å². The predicted octanol–water partition coefficient (Wildman–Crippen LogP) is -0.258. The van der Waals surface area contributed by atoms with Gasteiger partial charge in [-0.15, -0.1) is 0 Å². The molecule has 86 valence electrons. The van der Waals surface area contributed by atoms with E-state index in [0.29, 0.717) is 18.8 Å². The monoisotopic (exact) mass is 214 g/mol. The van der Waals surface area contributed by atoms with Crippen LogP contribution in [0.3, 0.4) is 0 Å². The molecule has 0 unspecified atom stereocenters. The molecule has 0 heterocycles. The molecule has 4 N–H and O–H groups in total. The lowest BCUT2D eigenvalue weighted by Gasteiger charge is -2.44. The minimum absolute atomic E-state index is 0.0000463. The number of carbonyl (C=O) groups excluding carboxylic acids is 1. The van der Waals surface area contributed by atoms with Crippen LogP contribution in [0.25, 0.3) is 0 Å². The van der Waals surface area contributed by atoms with Crippen molar-refractivity contribution in [3.05, 3.63) is 0 Å². The van der Waals surface area contributed by atoms with Gasteiger partial charge in [-0.1, -0.05) is 12.1 Å². The molecule has 0 radical (unpaired) electrons. The Bertz CT molecular complexity index is 282. The molecule has 0 aromatic carbocycles. The fraction of sp³-hybridized carbons (Fsp3) is 0.778. The van der Waals surface area contributed by atoms with Gasteiger partial charge in [-0.3, -0.25) is 10.2 Å². The van der Waals surface area contributed by atoms with Crippen molar-refractivity contribution in [3.63, 3.8) is 0 Å². The number of hydrogen-bond donors (Lipinski definition) is 3. The number of carbonyl (C=O) groups is 1. The Morgan fingerprint density at radius 2 is 2.13 bits per heavy atom. The van der Waals surface area contributed by atoms with Crippen LogP contribution < -0.4 is 11.2 Å². The molecule has 1 rings (SSSR count). The molecule has 1 amide bonds. The maximum atomic E-state index is 11.9. The van der Waals surface area contributed by atoms with Crippen molar-refractivity contribution >= 4 is 11.7 Å². The highest BCUT2D eigenvalue weighted by molar-refractivity contribution is 6.07. The molecule has 0 aromatic heterocycles. The summed E-state index contributed by atoms with van der Waals surface area (Å²) in [4.78, 5) is 11.9. The van der Waals surface area contributed by atoms with Gasteiger partial charge in [0.25, 0.3) is 0 Å². The highest BCUT2D eigenvalue weighted by Gasteiger charge is 2.52. The molecular weight excluding hydrogens is 196 g/mol. The summed E-state index contributed by atoms with van der Waals surface area (Å²) in [6, 6.07) is 0. The second-order valence-corrected chi connectivity index (χ2v) is 4.42. The van der Waals surface area contributed by atoms with Gasteiger partial charge in [-0.25, -0.2) is 5.01 Å². The summed E-state index contributed by atoms with van der Waals surface area (Å²) < 4.78 is 0. The largest absolute Gasteiger partial charge is 0.409 e. The smallest absolute Gasteiger partial charge is 0.248 e. The Balaban J connectivity index is 2.80. The van der Waals surface area contributed by atoms with Gasteiger partial charge in [-0.05, 0) is 18.8 Å². The van der Waals surface area contributed by atoms with E-state index in [1.54, 1.807) is 19.1 Å². The molecule has 0 bridgehead atoms. The van der Waals surface area contributed by atoms with Crippen molar-refractivity contribution in [3.8, 4) is 0 Å². The van der Waals surface area contributed by atoms with E-state index in [0.717, 1.165) is 0 Å². The Labute approximate surface area is 89.1 Å². The summed E-state index contributed by atoms with van der Waals surface area (Å²) in [5.74, 6) is 0.221. The van der Waals surface area contributed by atoms with Crippen LogP contribution in [0.2, 0.25) is 0 Å². The molecule has 1 fully saturated rings. The highest BCUT2D eigenvalue weighted by Crippen LogP contribution is 2.45. The number of nitrogens with one attached hydrogen (secondary N) is 1. The van der Waals surface area contributed by atoms with Crippen molar-refractivity contribution in [2.75, 3.05) is 14.1 Å². The minimum atomic E-state index is -0.821. The number of oxime groups is 1. The van der Waals surface area contributed by atoms with Crippen molar-refractivity contribution in [1.82, 2.24) is 10.4 Å². The molecule has 1 aliphatic carbocycles. The van der Waals surface area contributed by atoms with Gasteiger partial charge in [0.1, 0.15) is 5.41 Å². The van der Waals surface area contributed by atoms with Gasteiger partial charge in [0.15, 0.2) is 5.84 Å². The first-order valence-corrected chi connectivity index (χ1v) is 4.89. The molecule has 1 aliphatic rings. The number of rotatable bonds is 3. The third-order valence-electron chi connectivity index (χ3n) is 2.75. The van der Waals surface area contributed by atoms with Crippen LogP contribution in [0, 0.1) is 11.3 Å². The SMILES string of the molecule is CC1CC(C(=O)NN(C)C)(C(N)=NO)C1. The molecule has 0 saturated heterocycles. The molecule has 15 heavy (non-hydrogen) atoms. The molecular formula is C9H18N4O2. The zero-order valence-corrected chi connectivity index (χ0v) is 9.32. The summed E-state index contributed by atoms with van der Waals surface area (Å²) in [6.45, 7) is 2.03. The van der Waals surface area contributed by atoms with Gasteiger partial charge in [0, 0.05) is 14.1 Å². The summed E-state index contributed by atoms with van der Waals surface area (Å²) in [6.07, 6.45) is 1.26. The van der Waals surface area contributed by atoms with E-state index < -0.39 is 5.41 Å². The fourth-order valence-electron chi connectivity index (χ4n) is 2.05. The van der Waals surface area contributed by atoms with Crippen LogP contribution in [0.4, 0.5) is 0 Å². The van der Waals surface area contributed by atoms with Gasteiger partial charge < -0.3 is 10.9 Å². The zero-order chi connectivity index (χ0) is 11.6. The Hall–Kier alpha value is -1.30. The summed E-state index contributed by atoms with van der Waals surface area (Å²) in [5, 5.41) is 13.2. The fourth-order valence-corrected chi connectivity index (χ4v) is 2.05. The Kier molecular flexibility index (Phi) is 3.18. The van der Waals surface area contributed by atoms with E-state index >= 15 is 0 Å². The van der Waals surface area contributed by atoms with Crippen molar-refractivity contribution < 1.29 is 10.0 Å². The number of hydrogen-bond acceptors (Lipinski definition) is 4. The first kappa shape index (κ1) is 11.8. The highest BCUT2D eigenvalue weighted by atomic mass is 16.4. The molecule has 1 saturated carbocycles. The Morgan fingerprint density at radius 1 is 1.60 bits per heavy atom. The second-order valence-electron chi connectivity index (χ2n) is 4.42. The normalized spacial score (nSPS) is 31.2. The molecule has 0 aromatic rings. The minimum Gasteiger partial charge on any atom is -0.409 e. The van der Waals surface area contributed by atoms with E-state index in [-0.39, 0.29) is 11.7 Å². The molecule has 0 aliphatic heterocycles. The van der Waals surface area contributed by atoms with E-state index in [2.05, 4.69) is 10.6 Å². The van der Waals surface area contributed by atoms with Crippen LogP contribution in [0.1, 0.15) is 19.8 Å². The van der Waals surface area contributed by atoms with Crippen molar-refractivity contribution in [2.45, 2.75) is 19.8 Å². The van der Waals surface area contributed by atoms with Crippen LogP contribution >= 0.6 is 0 Å². The first-order chi connectivity index (χ1) is 6.92. The second kappa shape index (κ2) is 4.06. The topological polar surface area (TPSA) is 91.0 Å². The molecule has 0 atom stereocenters. The predicted molar refractivity (Wildman–Crippen MR) is 56.1 cm³/mol. The van der Waals surface area contributed by atoms with Crippen LogP contribution in [0.15, 0.2) is 5.16 Å². The van der Waals surface area contributed by atoms with Gasteiger partial charge in [-0.2, -0.15) is 0 Å². The van der Waals surface area contributed by atoms with E-state index in [1.807, 2.05) is 6.92 Å². The number of hydrazine groups is 1. The molecule has 6 nitrogen and oxygen atoms in total. The average Bonchev–Trinajstić information content (AvgIpc) is 2.09. The molecule has 6 heteroatoms. The Morgan fingerprint density at radius 3 is 2.47 bits per heavy atom. The third-order valence-corrected chi connectivity index (χ3v) is 2.75. The lowest BCUT2D eigenvalue weighted by Crippen LogP contribution is -2.58. The van der Waals surface area contributed by atoms with Crippen molar-refractivity contribution in [1.29, 1.82) is 0 Å². The quantitative estimate of drug-likeness (QED) is 0.261. The van der Waals surface area contributed by atoms with Gasteiger partial charge in [0.05, 0.1) is 0 Å². The lowest BCUT2D eigenvalue weighted by atomic mass is 9.61. The van der Waals surface area contributed by atoms with Crippen molar-refractivity contribution in [2.24, 2.45) is 22.2 Å². The standard InChI is InChI=1S/C9H18N4O2/c1-6-4-9(5-6,7(10)12-15)8(14)11-13(2)3/h6,15H,4-5H2,1-3H3,(H2,10,12)(H,11,14). The van der Waals surface area contributed by atoms with Crippen LogP contribution in [-0.2, 0) is 4.79 Å².